The molecule has 0 unspecified atom stereocenters. The van der Waals surface area contributed by atoms with Gasteiger partial charge in [0.2, 0.25) is 5.91 Å². The molecular weight excluding hydrogens is 399 g/mol. The Kier molecular flexibility index (Phi) is 5.58. The summed E-state index contributed by atoms with van der Waals surface area (Å²) >= 11 is 0. The molecule has 3 aromatic heterocycles. The molecule has 2 N–H and O–H groups in total. The Morgan fingerprint density at radius 2 is 2.03 bits per heavy atom. The fourth-order valence-corrected chi connectivity index (χ4v) is 3.74. The summed E-state index contributed by atoms with van der Waals surface area (Å²) in [4.78, 5) is 33.7. The molecule has 0 radical (unpaired) electrons. The van der Waals surface area contributed by atoms with Gasteiger partial charge in [-0.05, 0) is 37.5 Å². The van der Waals surface area contributed by atoms with Crippen molar-refractivity contribution in [3.8, 4) is 11.1 Å². The maximum atomic E-state index is 13.1. The standard InChI is InChI=1S/C23H25FN4O3/c1-4-5-20(29)18-6-12(2)16(11-25-18)14-7-13-10-26-21(9-19(13)28(3)23(14)31)27-22(30)15-8-17(15)24/h6-7,9-11,15,17,20,29H,4-5,8H2,1-3H3,(H,26,27,30)/t15-,17+,20+/m0/s1. The summed E-state index contributed by atoms with van der Waals surface area (Å²) in [5, 5.41) is 13.5. The molecule has 1 fully saturated rings. The van der Waals surface area contributed by atoms with Crippen LogP contribution in [0.5, 0.6) is 0 Å². The Morgan fingerprint density at radius 3 is 2.68 bits per heavy atom. The number of rotatable bonds is 6. The number of amides is 1. The van der Waals surface area contributed by atoms with E-state index in [-0.39, 0.29) is 17.8 Å². The van der Waals surface area contributed by atoms with Crippen molar-refractivity contribution in [1.29, 1.82) is 0 Å². The molecule has 1 aliphatic rings. The Hall–Kier alpha value is -3.13. The number of nitrogens with one attached hydrogen (secondary N) is 1. The van der Waals surface area contributed by atoms with Crippen LogP contribution in [0.15, 0.2) is 35.4 Å². The molecule has 0 bridgehead atoms. The van der Waals surface area contributed by atoms with Gasteiger partial charge in [-0.3, -0.25) is 14.6 Å². The Balaban J connectivity index is 1.70. The first-order chi connectivity index (χ1) is 14.8. The second-order valence-electron chi connectivity index (χ2n) is 8.13. The summed E-state index contributed by atoms with van der Waals surface area (Å²) in [6.07, 6.45) is 3.20. The highest BCUT2D eigenvalue weighted by molar-refractivity contribution is 5.95. The van der Waals surface area contributed by atoms with E-state index in [2.05, 4.69) is 15.3 Å². The van der Waals surface area contributed by atoms with Gasteiger partial charge in [-0.2, -0.15) is 0 Å². The number of halogens is 1. The first-order valence-electron chi connectivity index (χ1n) is 10.4. The van der Waals surface area contributed by atoms with Crippen molar-refractivity contribution >= 4 is 22.6 Å². The minimum atomic E-state index is -1.08. The predicted molar refractivity (Wildman–Crippen MR) is 116 cm³/mol. The summed E-state index contributed by atoms with van der Waals surface area (Å²) in [6.45, 7) is 3.88. The van der Waals surface area contributed by atoms with Crippen molar-refractivity contribution in [2.75, 3.05) is 5.32 Å². The number of anilines is 1. The second-order valence-corrected chi connectivity index (χ2v) is 8.13. The molecule has 162 valence electrons. The molecule has 0 aliphatic heterocycles. The molecular formula is C23H25FN4O3. The van der Waals surface area contributed by atoms with Gasteiger partial charge >= 0.3 is 0 Å². The van der Waals surface area contributed by atoms with Crippen molar-refractivity contribution in [2.45, 2.75) is 45.4 Å². The van der Waals surface area contributed by atoms with Crippen LogP contribution in [0, 0.1) is 12.8 Å². The number of nitrogens with zero attached hydrogens (tertiary/aromatic N) is 3. The van der Waals surface area contributed by atoms with E-state index >= 15 is 0 Å². The number of aryl methyl sites for hydroxylation is 2. The predicted octanol–water partition coefficient (Wildman–Crippen LogP) is 3.43. The molecule has 1 aliphatic carbocycles. The van der Waals surface area contributed by atoms with E-state index in [9.17, 15) is 19.1 Å². The van der Waals surface area contributed by atoms with E-state index in [1.54, 1.807) is 31.6 Å². The van der Waals surface area contributed by atoms with Crippen molar-refractivity contribution < 1.29 is 14.3 Å². The summed E-state index contributed by atoms with van der Waals surface area (Å²) < 4.78 is 14.6. The van der Waals surface area contributed by atoms with E-state index in [4.69, 9.17) is 0 Å². The minimum Gasteiger partial charge on any atom is -0.387 e. The number of carbonyl (C=O) groups is 1. The number of aromatic nitrogens is 3. The van der Waals surface area contributed by atoms with Crippen molar-refractivity contribution in [1.82, 2.24) is 14.5 Å². The van der Waals surface area contributed by atoms with Crippen LogP contribution in [0.25, 0.3) is 22.0 Å². The van der Waals surface area contributed by atoms with Crippen molar-refractivity contribution in [3.63, 3.8) is 0 Å². The van der Waals surface area contributed by atoms with E-state index in [0.29, 0.717) is 28.8 Å². The third-order valence-electron chi connectivity index (χ3n) is 5.73. The van der Waals surface area contributed by atoms with Gasteiger partial charge in [0.05, 0.1) is 23.2 Å². The maximum Gasteiger partial charge on any atom is 0.258 e. The first kappa shape index (κ1) is 21.1. The number of hydrogen-bond acceptors (Lipinski definition) is 5. The number of carbonyl (C=O) groups excluding carboxylic acids is 1. The average molecular weight is 424 g/mol. The topological polar surface area (TPSA) is 97.1 Å². The lowest BCUT2D eigenvalue weighted by molar-refractivity contribution is -0.117. The highest BCUT2D eigenvalue weighted by Gasteiger charge is 2.43. The molecule has 0 aromatic carbocycles. The fraction of sp³-hybridized carbons (Fsp3) is 0.391. The third-order valence-corrected chi connectivity index (χ3v) is 5.73. The minimum absolute atomic E-state index is 0.214. The fourth-order valence-electron chi connectivity index (χ4n) is 3.74. The third kappa shape index (κ3) is 4.07. The van der Waals surface area contributed by atoms with Crippen LogP contribution < -0.4 is 10.9 Å². The summed E-state index contributed by atoms with van der Waals surface area (Å²) in [5.74, 6) is -0.725. The number of aliphatic hydroxyl groups excluding tert-OH is 1. The number of aliphatic hydroxyl groups is 1. The lowest BCUT2D eigenvalue weighted by Crippen LogP contribution is -2.20. The molecule has 1 amide bonds. The normalized spacial score (nSPS) is 18.7. The van der Waals surface area contributed by atoms with Gasteiger partial charge in [0, 0.05) is 42.0 Å². The van der Waals surface area contributed by atoms with Gasteiger partial charge in [0.15, 0.2) is 0 Å². The molecule has 31 heavy (non-hydrogen) atoms. The highest BCUT2D eigenvalue weighted by atomic mass is 19.1. The monoisotopic (exact) mass is 424 g/mol. The smallest absolute Gasteiger partial charge is 0.258 e. The van der Waals surface area contributed by atoms with Gasteiger partial charge < -0.3 is 15.0 Å². The zero-order valence-corrected chi connectivity index (χ0v) is 17.7. The van der Waals surface area contributed by atoms with Crippen LogP contribution in [0.4, 0.5) is 10.2 Å². The quantitative estimate of drug-likeness (QED) is 0.632. The molecule has 3 aromatic rings. The van der Waals surface area contributed by atoms with Crippen LogP contribution >= 0.6 is 0 Å². The molecule has 3 heterocycles. The Bertz CT molecular complexity index is 1220. The van der Waals surface area contributed by atoms with Gasteiger partial charge in [0.1, 0.15) is 12.0 Å². The number of alkyl halides is 1. The number of pyridine rings is 3. The van der Waals surface area contributed by atoms with Crippen LogP contribution in [0.2, 0.25) is 0 Å². The van der Waals surface area contributed by atoms with Crippen molar-refractivity contribution in [3.05, 3.63) is 52.2 Å². The highest BCUT2D eigenvalue weighted by Crippen LogP contribution is 2.34. The Morgan fingerprint density at radius 1 is 1.29 bits per heavy atom. The number of hydrogen-bond donors (Lipinski definition) is 2. The van der Waals surface area contributed by atoms with E-state index < -0.39 is 24.1 Å². The van der Waals surface area contributed by atoms with E-state index in [1.165, 1.54) is 4.57 Å². The SMILES string of the molecule is CCC[C@@H](O)c1cc(C)c(-c2cc3cnc(NC(=O)[C@H]4C[C@H]4F)cc3n(C)c2=O)cn1. The Labute approximate surface area is 179 Å². The first-order valence-corrected chi connectivity index (χ1v) is 10.4. The lowest BCUT2D eigenvalue weighted by Gasteiger charge is -2.14. The van der Waals surface area contributed by atoms with Crippen molar-refractivity contribution in [2.24, 2.45) is 13.0 Å². The van der Waals surface area contributed by atoms with Gasteiger partial charge in [0.25, 0.3) is 5.56 Å². The van der Waals surface area contributed by atoms with Crippen LogP contribution in [0.1, 0.15) is 43.5 Å². The summed E-state index contributed by atoms with van der Waals surface area (Å²) in [7, 11) is 1.65. The molecule has 0 saturated heterocycles. The van der Waals surface area contributed by atoms with Gasteiger partial charge in [-0.15, -0.1) is 0 Å². The molecule has 3 atom stereocenters. The van der Waals surface area contributed by atoms with Gasteiger partial charge in [-0.25, -0.2) is 9.37 Å². The zero-order chi connectivity index (χ0) is 22.3. The summed E-state index contributed by atoms with van der Waals surface area (Å²) in [6, 6.07) is 5.18. The second kappa shape index (κ2) is 8.19. The number of fused-ring (bicyclic) bond motifs is 1. The van der Waals surface area contributed by atoms with Crippen LogP contribution in [-0.2, 0) is 11.8 Å². The van der Waals surface area contributed by atoms with Crippen LogP contribution in [-0.4, -0.2) is 31.7 Å². The van der Waals surface area contributed by atoms with E-state index in [1.807, 2.05) is 19.9 Å². The largest absolute Gasteiger partial charge is 0.387 e. The lowest BCUT2D eigenvalue weighted by atomic mass is 10.0. The van der Waals surface area contributed by atoms with Gasteiger partial charge in [-0.1, -0.05) is 13.3 Å². The van der Waals surface area contributed by atoms with Crippen LogP contribution in [0.3, 0.4) is 0 Å². The van der Waals surface area contributed by atoms with E-state index in [0.717, 1.165) is 17.4 Å². The molecule has 0 spiro atoms. The zero-order valence-electron chi connectivity index (χ0n) is 17.7. The molecule has 8 heteroatoms. The summed E-state index contributed by atoms with van der Waals surface area (Å²) in [5.41, 5.74) is 3.00. The average Bonchev–Trinajstić information content (AvgIpc) is 3.48. The maximum absolute atomic E-state index is 13.1. The molecule has 4 rings (SSSR count). The molecule has 7 nitrogen and oxygen atoms in total. The molecule has 1 saturated carbocycles.